The van der Waals surface area contributed by atoms with Crippen molar-refractivity contribution in [3.05, 3.63) is 59.3 Å². The number of carbonyl (C=O) groups excluding carboxylic acids is 1. The molecular weight excluding hydrogens is 371 g/mol. The lowest BCUT2D eigenvalue weighted by molar-refractivity contribution is -0.137. The molecule has 0 unspecified atom stereocenters. The van der Waals surface area contributed by atoms with Gasteiger partial charge in [-0.2, -0.15) is 13.2 Å². The number of halogens is 5. The lowest BCUT2D eigenvalue weighted by Gasteiger charge is -2.32. The van der Waals surface area contributed by atoms with Crippen molar-refractivity contribution in [1.82, 2.24) is 9.88 Å². The van der Waals surface area contributed by atoms with Gasteiger partial charge in [0.1, 0.15) is 17.7 Å². The third-order valence-corrected chi connectivity index (χ3v) is 4.24. The van der Waals surface area contributed by atoms with E-state index in [4.69, 9.17) is 4.74 Å². The zero-order valence-corrected chi connectivity index (χ0v) is 14.0. The fraction of sp³-hybridized carbons (Fsp3) is 0.333. The number of hydrogen-bond acceptors (Lipinski definition) is 3. The van der Waals surface area contributed by atoms with Gasteiger partial charge in [0.05, 0.1) is 11.1 Å². The lowest BCUT2D eigenvalue weighted by atomic mass is 10.1. The summed E-state index contributed by atoms with van der Waals surface area (Å²) in [4.78, 5) is 17.4. The van der Waals surface area contributed by atoms with E-state index in [0.717, 1.165) is 24.3 Å². The van der Waals surface area contributed by atoms with Crippen LogP contribution in [0.1, 0.15) is 28.8 Å². The molecule has 0 spiro atoms. The molecule has 0 radical (unpaired) electrons. The van der Waals surface area contributed by atoms with E-state index in [1.807, 2.05) is 0 Å². The zero-order chi connectivity index (χ0) is 19.6. The van der Waals surface area contributed by atoms with Crippen LogP contribution in [-0.4, -0.2) is 35.0 Å². The van der Waals surface area contributed by atoms with Gasteiger partial charge in [-0.1, -0.05) is 0 Å². The molecule has 1 aromatic carbocycles. The van der Waals surface area contributed by atoms with Crippen LogP contribution in [0, 0.1) is 11.6 Å². The summed E-state index contributed by atoms with van der Waals surface area (Å²) in [7, 11) is 0. The molecule has 2 aromatic rings. The number of piperidine rings is 1. The number of likely N-dealkylation sites (tertiary alicyclic amines) is 1. The number of ether oxygens (including phenoxy) is 1. The molecule has 4 nitrogen and oxygen atoms in total. The van der Waals surface area contributed by atoms with Gasteiger partial charge in [0.2, 0.25) is 5.88 Å². The summed E-state index contributed by atoms with van der Waals surface area (Å²) in [5.74, 6) is -2.16. The fourth-order valence-corrected chi connectivity index (χ4v) is 2.80. The van der Waals surface area contributed by atoms with Crippen molar-refractivity contribution in [2.45, 2.75) is 25.1 Å². The molecule has 144 valence electrons. The van der Waals surface area contributed by atoms with Gasteiger partial charge in [0, 0.05) is 44.3 Å². The SMILES string of the molecule is O=C(c1ccc(F)cc1F)N1CCC(Oc2ccc(C(F)(F)F)cn2)CC1. The third kappa shape index (κ3) is 4.53. The predicted molar refractivity (Wildman–Crippen MR) is 85.2 cm³/mol. The minimum atomic E-state index is -4.47. The molecule has 0 aliphatic carbocycles. The summed E-state index contributed by atoms with van der Waals surface area (Å²) in [5.41, 5.74) is -1.07. The highest BCUT2D eigenvalue weighted by molar-refractivity contribution is 5.94. The monoisotopic (exact) mass is 386 g/mol. The average molecular weight is 386 g/mol. The van der Waals surface area contributed by atoms with Crippen molar-refractivity contribution in [2.75, 3.05) is 13.1 Å². The van der Waals surface area contributed by atoms with Gasteiger partial charge in [-0.3, -0.25) is 4.79 Å². The molecule has 1 saturated heterocycles. The molecule has 0 atom stereocenters. The maximum Gasteiger partial charge on any atom is 0.417 e. The van der Waals surface area contributed by atoms with E-state index >= 15 is 0 Å². The summed E-state index contributed by atoms with van der Waals surface area (Å²) < 4.78 is 69.8. The van der Waals surface area contributed by atoms with Gasteiger partial charge < -0.3 is 9.64 Å². The Hall–Kier alpha value is -2.71. The maximum atomic E-state index is 13.7. The number of nitrogens with zero attached hydrogens (tertiary/aromatic N) is 2. The van der Waals surface area contributed by atoms with Crippen molar-refractivity contribution in [1.29, 1.82) is 0 Å². The molecule has 2 heterocycles. The van der Waals surface area contributed by atoms with E-state index in [1.54, 1.807) is 0 Å². The topological polar surface area (TPSA) is 42.4 Å². The van der Waals surface area contributed by atoms with Crippen molar-refractivity contribution < 1.29 is 31.5 Å². The smallest absolute Gasteiger partial charge is 0.417 e. The highest BCUT2D eigenvalue weighted by Crippen LogP contribution is 2.29. The summed E-state index contributed by atoms with van der Waals surface area (Å²) in [6, 6.07) is 4.80. The van der Waals surface area contributed by atoms with Crippen LogP contribution in [0.5, 0.6) is 5.88 Å². The minimum absolute atomic E-state index is 0.0670. The number of aromatic nitrogens is 1. The van der Waals surface area contributed by atoms with Gasteiger partial charge in [-0.25, -0.2) is 13.8 Å². The number of amides is 1. The molecule has 9 heteroatoms. The fourth-order valence-electron chi connectivity index (χ4n) is 2.80. The van der Waals surface area contributed by atoms with Crippen LogP contribution >= 0.6 is 0 Å². The standard InChI is InChI=1S/C18H15F5N2O2/c19-12-2-3-14(15(20)9-12)17(26)25-7-5-13(6-8-25)27-16-4-1-11(10-24-16)18(21,22)23/h1-4,9-10,13H,5-8H2. The molecule has 0 saturated carbocycles. The van der Waals surface area contributed by atoms with Crippen molar-refractivity contribution in [3.63, 3.8) is 0 Å². The Morgan fingerprint density at radius 1 is 1.11 bits per heavy atom. The number of carbonyl (C=O) groups is 1. The summed E-state index contributed by atoms with van der Waals surface area (Å²) in [6.45, 7) is 0.557. The largest absolute Gasteiger partial charge is 0.474 e. The zero-order valence-electron chi connectivity index (χ0n) is 14.0. The number of pyridine rings is 1. The first-order chi connectivity index (χ1) is 12.7. The van der Waals surface area contributed by atoms with Gasteiger partial charge >= 0.3 is 6.18 Å². The van der Waals surface area contributed by atoms with Gasteiger partial charge in [0.25, 0.3) is 5.91 Å². The van der Waals surface area contributed by atoms with Crippen molar-refractivity contribution in [2.24, 2.45) is 0 Å². The van der Waals surface area contributed by atoms with E-state index in [0.29, 0.717) is 25.1 Å². The molecule has 1 amide bonds. The quantitative estimate of drug-likeness (QED) is 0.747. The molecule has 1 aromatic heterocycles. The second kappa shape index (κ2) is 7.50. The van der Waals surface area contributed by atoms with E-state index in [1.165, 1.54) is 4.90 Å². The summed E-state index contributed by atoms with van der Waals surface area (Å²) in [6.07, 6.45) is -3.26. The highest BCUT2D eigenvalue weighted by Gasteiger charge is 2.31. The Kier molecular flexibility index (Phi) is 5.29. The van der Waals surface area contributed by atoms with E-state index < -0.39 is 29.3 Å². The van der Waals surface area contributed by atoms with Gasteiger partial charge in [-0.15, -0.1) is 0 Å². The van der Waals surface area contributed by atoms with Crippen LogP contribution < -0.4 is 4.74 Å². The Bertz CT molecular complexity index is 815. The number of hydrogen-bond donors (Lipinski definition) is 0. The van der Waals surface area contributed by atoms with E-state index in [2.05, 4.69) is 4.98 Å². The average Bonchev–Trinajstić information content (AvgIpc) is 2.61. The maximum absolute atomic E-state index is 13.7. The molecule has 0 N–H and O–H groups in total. The van der Waals surface area contributed by atoms with Crippen LogP contribution in [0.4, 0.5) is 22.0 Å². The first-order valence-electron chi connectivity index (χ1n) is 8.18. The molecule has 1 fully saturated rings. The predicted octanol–water partition coefficient (Wildman–Crippen LogP) is 4.06. The lowest BCUT2D eigenvalue weighted by Crippen LogP contribution is -2.42. The highest BCUT2D eigenvalue weighted by atomic mass is 19.4. The normalized spacial score (nSPS) is 15.7. The molecule has 0 bridgehead atoms. The Morgan fingerprint density at radius 2 is 1.81 bits per heavy atom. The molecule has 27 heavy (non-hydrogen) atoms. The van der Waals surface area contributed by atoms with Crippen LogP contribution in [0.25, 0.3) is 0 Å². The molecular formula is C18H15F5N2O2. The molecule has 3 rings (SSSR count). The van der Waals surface area contributed by atoms with Crippen molar-refractivity contribution >= 4 is 5.91 Å². The first kappa shape index (κ1) is 19.1. The number of benzene rings is 1. The Morgan fingerprint density at radius 3 is 2.37 bits per heavy atom. The minimum Gasteiger partial charge on any atom is -0.474 e. The Balaban J connectivity index is 1.56. The van der Waals surface area contributed by atoms with Crippen LogP contribution in [0.2, 0.25) is 0 Å². The molecule has 1 aliphatic rings. The first-order valence-corrected chi connectivity index (χ1v) is 8.18. The van der Waals surface area contributed by atoms with Crippen molar-refractivity contribution in [3.8, 4) is 5.88 Å². The third-order valence-electron chi connectivity index (χ3n) is 4.24. The van der Waals surface area contributed by atoms with E-state index in [9.17, 15) is 26.7 Å². The van der Waals surface area contributed by atoms with E-state index in [-0.39, 0.29) is 30.6 Å². The summed E-state index contributed by atoms with van der Waals surface area (Å²) >= 11 is 0. The van der Waals surface area contributed by atoms with Crippen LogP contribution in [-0.2, 0) is 6.18 Å². The second-order valence-corrected chi connectivity index (χ2v) is 6.12. The molecule has 1 aliphatic heterocycles. The second-order valence-electron chi connectivity index (χ2n) is 6.12. The van der Waals surface area contributed by atoms with Crippen LogP contribution in [0.3, 0.4) is 0 Å². The number of alkyl halides is 3. The van der Waals surface area contributed by atoms with Gasteiger partial charge in [-0.05, 0) is 18.2 Å². The Labute approximate surface area is 151 Å². The number of rotatable bonds is 3. The summed E-state index contributed by atoms with van der Waals surface area (Å²) in [5, 5.41) is 0. The van der Waals surface area contributed by atoms with Crippen LogP contribution in [0.15, 0.2) is 36.5 Å². The van der Waals surface area contributed by atoms with Gasteiger partial charge in [0.15, 0.2) is 0 Å².